The average molecular weight is 570 g/mol. The number of aliphatic hydroxyl groups excluding tert-OH is 1. The third-order valence-electron chi connectivity index (χ3n) is 5.70. The molecule has 0 spiro atoms. The van der Waals surface area contributed by atoms with E-state index in [1.54, 1.807) is 6.07 Å². The summed E-state index contributed by atoms with van der Waals surface area (Å²) in [4.78, 5) is 8.70. The van der Waals surface area contributed by atoms with E-state index in [0.717, 1.165) is 29.4 Å². The van der Waals surface area contributed by atoms with E-state index >= 15 is 0 Å². The smallest absolute Gasteiger partial charge is 0.194 e. The van der Waals surface area contributed by atoms with Gasteiger partial charge in [-0.2, -0.15) is 0 Å². The number of aryl methyl sites for hydroxylation is 1. The van der Waals surface area contributed by atoms with Gasteiger partial charge in [-0.15, -0.1) is 24.0 Å². The van der Waals surface area contributed by atoms with Gasteiger partial charge in [-0.25, -0.2) is 9.38 Å². The highest BCUT2D eigenvalue weighted by Gasteiger charge is 2.19. The lowest BCUT2D eigenvalue weighted by atomic mass is 10.1. The number of halogens is 2. The molecule has 0 bridgehead atoms. The van der Waals surface area contributed by atoms with Gasteiger partial charge >= 0.3 is 0 Å². The molecule has 0 saturated carbocycles. The van der Waals surface area contributed by atoms with E-state index < -0.39 is 0 Å². The maximum absolute atomic E-state index is 14.7. The van der Waals surface area contributed by atoms with Crippen LogP contribution in [0, 0.1) is 12.7 Å². The highest BCUT2D eigenvalue weighted by atomic mass is 127. The molecule has 0 aromatic heterocycles. The Morgan fingerprint density at radius 3 is 2.64 bits per heavy atom. The van der Waals surface area contributed by atoms with E-state index in [0.29, 0.717) is 51.3 Å². The first-order valence-electron chi connectivity index (χ1n) is 11.4. The van der Waals surface area contributed by atoms with Crippen LogP contribution < -0.4 is 15.0 Å². The molecule has 6 nitrogen and oxygen atoms in total. The quantitative estimate of drug-likeness (QED) is 0.283. The van der Waals surface area contributed by atoms with E-state index in [-0.39, 0.29) is 35.9 Å². The highest BCUT2D eigenvalue weighted by Crippen LogP contribution is 2.24. The van der Waals surface area contributed by atoms with Gasteiger partial charge in [-0.05, 0) is 56.0 Å². The molecule has 182 valence electrons. The molecule has 0 aliphatic carbocycles. The first kappa shape index (κ1) is 27.2. The van der Waals surface area contributed by atoms with Gasteiger partial charge in [0.2, 0.25) is 0 Å². The Balaban J connectivity index is 0.00000385. The molecule has 2 aromatic rings. The normalized spacial score (nSPS) is 14.6. The summed E-state index contributed by atoms with van der Waals surface area (Å²) in [5.41, 5.74) is 2.53. The van der Waals surface area contributed by atoms with Crippen LogP contribution in [-0.2, 0) is 6.54 Å². The largest absolute Gasteiger partial charge is 0.491 e. The summed E-state index contributed by atoms with van der Waals surface area (Å²) in [5.74, 6) is 1.41. The summed E-state index contributed by atoms with van der Waals surface area (Å²) >= 11 is 0. The number of anilines is 1. The van der Waals surface area contributed by atoms with Gasteiger partial charge in [0, 0.05) is 26.7 Å². The Labute approximate surface area is 213 Å². The van der Waals surface area contributed by atoms with Crippen molar-refractivity contribution in [2.45, 2.75) is 39.3 Å². The Kier molecular flexibility index (Phi) is 11.2. The lowest BCUT2D eigenvalue weighted by Gasteiger charge is -2.31. The van der Waals surface area contributed by atoms with Crippen molar-refractivity contribution in [1.29, 1.82) is 0 Å². The van der Waals surface area contributed by atoms with Crippen LogP contribution in [-0.4, -0.2) is 61.9 Å². The van der Waals surface area contributed by atoms with Crippen LogP contribution in [0.1, 0.15) is 30.9 Å². The first-order valence-corrected chi connectivity index (χ1v) is 11.4. The number of benzene rings is 2. The average Bonchev–Trinajstić information content (AvgIpc) is 2.78. The molecule has 0 radical (unpaired) electrons. The number of aliphatic imine (C=N–C) groups is 1. The van der Waals surface area contributed by atoms with Gasteiger partial charge in [0.25, 0.3) is 0 Å². The summed E-state index contributed by atoms with van der Waals surface area (Å²) in [6.07, 6.45) is 1.08. The molecule has 3 rings (SSSR count). The summed E-state index contributed by atoms with van der Waals surface area (Å²) < 4.78 is 20.6. The molecule has 2 aromatic carbocycles. The van der Waals surface area contributed by atoms with Crippen molar-refractivity contribution >= 4 is 35.6 Å². The third kappa shape index (κ3) is 8.03. The summed E-state index contributed by atoms with van der Waals surface area (Å²) in [5, 5.41) is 13.0. The maximum Gasteiger partial charge on any atom is 0.194 e. The molecule has 33 heavy (non-hydrogen) atoms. The molecule has 0 atom stereocenters. The molecule has 1 aliphatic rings. The zero-order chi connectivity index (χ0) is 22.9. The number of ether oxygens (including phenoxy) is 1. The van der Waals surface area contributed by atoms with Crippen molar-refractivity contribution in [3.63, 3.8) is 0 Å². The SMILES string of the molecule is CCNC(=NCc1ccc(N2CCC(O)CC2)c(F)c1)N(C)CCOc1ccccc1C.I. The zero-order valence-corrected chi connectivity index (χ0v) is 22.1. The number of guanidine groups is 1. The zero-order valence-electron chi connectivity index (χ0n) is 19.8. The number of hydrogen-bond donors (Lipinski definition) is 2. The first-order chi connectivity index (χ1) is 15.5. The second-order valence-corrected chi connectivity index (χ2v) is 8.21. The lowest BCUT2D eigenvalue weighted by molar-refractivity contribution is 0.145. The Hall–Kier alpha value is -2.07. The summed E-state index contributed by atoms with van der Waals surface area (Å²) in [7, 11) is 1.97. The highest BCUT2D eigenvalue weighted by molar-refractivity contribution is 14.0. The molecule has 1 saturated heterocycles. The van der Waals surface area contributed by atoms with Crippen LogP contribution >= 0.6 is 24.0 Å². The molecular weight excluding hydrogens is 534 g/mol. The van der Waals surface area contributed by atoms with Crippen molar-refractivity contribution < 1.29 is 14.2 Å². The van der Waals surface area contributed by atoms with Crippen LogP contribution in [0.3, 0.4) is 0 Å². The summed E-state index contributed by atoms with van der Waals surface area (Å²) in [6.45, 7) is 7.76. The van der Waals surface area contributed by atoms with Crippen molar-refractivity contribution in [2.24, 2.45) is 4.99 Å². The number of para-hydroxylation sites is 1. The van der Waals surface area contributed by atoms with Crippen LogP contribution in [0.4, 0.5) is 10.1 Å². The van der Waals surface area contributed by atoms with Gasteiger partial charge in [0.15, 0.2) is 5.96 Å². The molecule has 1 aliphatic heterocycles. The van der Waals surface area contributed by atoms with Gasteiger partial charge in [-0.1, -0.05) is 24.3 Å². The molecule has 0 unspecified atom stereocenters. The fourth-order valence-corrected chi connectivity index (χ4v) is 3.76. The number of hydrogen-bond acceptors (Lipinski definition) is 4. The van der Waals surface area contributed by atoms with Crippen molar-refractivity contribution in [1.82, 2.24) is 10.2 Å². The number of nitrogens with one attached hydrogen (secondary N) is 1. The minimum atomic E-state index is -0.272. The Morgan fingerprint density at radius 1 is 1.24 bits per heavy atom. The van der Waals surface area contributed by atoms with Gasteiger partial charge in [0.05, 0.1) is 24.9 Å². The third-order valence-corrected chi connectivity index (χ3v) is 5.70. The lowest BCUT2D eigenvalue weighted by Crippen LogP contribution is -2.40. The van der Waals surface area contributed by atoms with Crippen LogP contribution in [0.25, 0.3) is 0 Å². The van der Waals surface area contributed by atoms with E-state index in [9.17, 15) is 9.50 Å². The van der Waals surface area contributed by atoms with E-state index in [2.05, 4.69) is 10.3 Å². The number of likely N-dealkylation sites (N-methyl/N-ethyl adjacent to an activating group) is 1. The number of nitrogens with zero attached hydrogens (tertiary/aromatic N) is 3. The fourth-order valence-electron chi connectivity index (χ4n) is 3.76. The second kappa shape index (κ2) is 13.6. The molecular formula is C25H36FIN4O2. The Bertz CT molecular complexity index is 904. The molecule has 2 N–H and O–H groups in total. The van der Waals surface area contributed by atoms with Crippen molar-refractivity contribution in [3.05, 3.63) is 59.4 Å². The fraction of sp³-hybridized carbons (Fsp3) is 0.480. The maximum atomic E-state index is 14.7. The molecule has 8 heteroatoms. The summed E-state index contributed by atoms with van der Waals surface area (Å²) in [6, 6.07) is 13.3. The minimum Gasteiger partial charge on any atom is -0.491 e. The Morgan fingerprint density at radius 2 is 1.97 bits per heavy atom. The van der Waals surface area contributed by atoms with E-state index in [4.69, 9.17) is 4.74 Å². The van der Waals surface area contributed by atoms with Crippen molar-refractivity contribution in [2.75, 3.05) is 44.7 Å². The molecule has 0 amide bonds. The number of rotatable bonds is 8. The standard InChI is InChI=1S/C25H35FN4O2.HI/c1-4-27-25(29(3)15-16-32-24-8-6-5-7-19(24)2)28-18-20-9-10-23(22(26)17-20)30-13-11-21(31)12-14-30;/h5-10,17,21,31H,4,11-16,18H2,1-3H3,(H,27,28);1H. The predicted octanol–water partition coefficient (Wildman–Crippen LogP) is 4.19. The van der Waals surface area contributed by atoms with E-state index in [1.165, 1.54) is 0 Å². The van der Waals surface area contributed by atoms with Gasteiger partial charge in [-0.3, -0.25) is 0 Å². The topological polar surface area (TPSA) is 60.3 Å². The number of aliphatic hydroxyl groups is 1. The monoisotopic (exact) mass is 570 g/mol. The predicted molar refractivity (Wildman–Crippen MR) is 143 cm³/mol. The molecule has 1 fully saturated rings. The van der Waals surface area contributed by atoms with E-state index in [1.807, 2.05) is 67.1 Å². The number of piperidine rings is 1. The van der Waals surface area contributed by atoms with Gasteiger partial charge < -0.3 is 25.0 Å². The van der Waals surface area contributed by atoms with Crippen molar-refractivity contribution in [3.8, 4) is 5.75 Å². The molecule has 1 heterocycles. The minimum absolute atomic E-state index is 0. The van der Waals surface area contributed by atoms with Crippen LogP contribution in [0.5, 0.6) is 5.75 Å². The second-order valence-electron chi connectivity index (χ2n) is 8.21. The van der Waals surface area contributed by atoms with Crippen LogP contribution in [0.2, 0.25) is 0 Å². The van der Waals surface area contributed by atoms with Crippen LogP contribution in [0.15, 0.2) is 47.5 Å². The van der Waals surface area contributed by atoms with Gasteiger partial charge in [0.1, 0.15) is 18.2 Å².